The van der Waals surface area contributed by atoms with Crippen LogP contribution in [0.25, 0.3) is 0 Å². The van der Waals surface area contributed by atoms with Gasteiger partial charge in [-0.15, -0.1) is 0 Å². The second-order valence-electron chi connectivity index (χ2n) is 7.85. The van der Waals surface area contributed by atoms with Crippen LogP contribution >= 0.6 is 0 Å². The fourth-order valence-corrected chi connectivity index (χ4v) is 4.83. The van der Waals surface area contributed by atoms with Crippen molar-refractivity contribution < 1.29 is 28.8 Å². The van der Waals surface area contributed by atoms with Crippen molar-refractivity contribution in [3.63, 3.8) is 0 Å². The van der Waals surface area contributed by atoms with Gasteiger partial charge >= 0.3 is 0 Å². The predicted octanol–water partition coefficient (Wildman–Crippen LogP) is 2.13. The number of hydrogen-bond donors (Lipinski definition) is 2. The van der Waals surface area contributed by atoms with Crippen molar-refractivity contribution in [1.29, 1.82) is 0 Å². The first-order valence-electron chi connectivity index (χ1n) is 9.86. The number of fused-ring (bicyclic) bond motifs is 5. The van der Waals surface area contributed by atoms with Gasteiger partial charge in [0.2, 0.25) is 12.6 Å². The number of amides is 1. The second-order valence-corrected chi connectivity index (χ2v) is 7.85. The standard InChI is InChI=1S/C20H25NO6/c1-21-18(23)14-15(22)12-8-10-4-2-6-24-19(10)26-16(12)13-9-11-5-3-7-25-20(11)27-17(13)14/h10-11,19-20,22H,2-9H2,1H3,(H,21,23). The highest BCUT2D eigenvalue weighted by Crippen LogP contribution is 2.52. The van der Waals surface area contributed by atoms with E-state index in [1.165, 1.54) is 0 Å². The molecular formula is C20H25NO6. The zero-order valence-corrected chi connectivity index (χ0v) is 15.5. The van der Waals surface area contributed by atoms with Gasteiger partial charge in [0.15, 0.2) is 0 Å². The number of benzene rings is 1. The highest BCUT2D eigenvalue weighted by atomic mass is 16.7. The predicted molar refractivity (Wildman–Crippen MR) is 95.1 cm³/mol. The quantitative estimate of drug-likeness (QED) is 0.782. The summed E-state index contributed by atoms with van der Waals surface area (Å²) in [6, 6.07) is 0. The molecule has 4 atom stereocenters. The zero-order chi connectivity index (χ0) is 18.5. The van der Waals surface area contributed by atoms with Crippen molar-refractivity contribution in [3.8, 4) is 17.2 Å². The van der Waals surface area contributed by atoms with E-state index in [1.54, 1.807) is 7.05 Å². The molecule has 7 heteroatoms. The van der Waals surface area contributed by atoms with Crippen LogP contribution in [0.1, 0.15) is 47.2 Å². The minimum atomic E-state index is -0.380. The van der Waals surface area contributed by atoms with Gasteiger partial charge in [-0.2, -0.15) is 0 Å². The van der Waals surface area contributed by atoms with Crippen LogP contribution in [0.3, 0.4) is 0 Å². The molecule has 4 aliphatic rings. The molecule has 0 aliphatic carbocycles. The number of ether oxygens (including phenoxy) is 4. The summed E-state index contributed by atoms with van der Waals surface area (Å²) < 4.78 is 23.9. The summed E-state index contributed by atoms with van der Waals surface area (Å²) >= 11 is 0. The molecule has 146 valence electrons. The Kier molecular flexibility index (Phi) is 4.16. The Balaban J connectivity index is 1.65. The van der Waals surface area contributed by atoms with Crippen molar-refractivity contribution in [3.05, 3.63) is 16.7 Å². The largest absolute Gasteiger partial charge is 0.507 e. The number of nitrogens with one attached hydrogen (secondary N) is 1. The van der Waals surface area contributed by atoms with Crippen LogP contribution in [-0.2, 0) is 22.3 Å². The normalized spacial score (nSPS) is 31.3. The highest BCUT2D eigenvalue weighted by molar-refractivity contribution is 6.01. The lowest BCUT2D eigenvalue weighted by molar-refractivity contribution is -0.156. The third kappa shape index (κ3) is 2.67. The van der Waals surface area contributed by atoms with E-state index >= 15 is 0 Å². The van der Waals surface area contributed by atoms with E-state index in [0.29, 0.717) is 43.1 Å². The molecule has 5 rings (SSSR count). The molecular weight excluding hydrogens is 350 g/mol. The lowest BCUT2D eigenvalue weighted by atomic mass is 9.82. The number of carbonyl (C=O) groups excluding carboxylic acids is 1. The minimum Gasteiger partial charge on any atom is -0.507 e. The Morgan fingerprint density at radius 3 is 2.19 bits per heavy atom. The molecule has 1 amide bonds. The van der Waals surface area contributed by atoms with Gasteiger partial charge in [-0.1, -0.05) is 0 Å². The minimum absolute atomic E-state index is 0.0404. The fraction of sp³-hybridized carbons (Fsp3) is 0.650. The Bertz CT molecular complexity index is 778. The average molecular weight is 375 g/mol. The maximum atomic E-state index is 12.6. The molecule has 0 aromatic heterocycles. The molecule has 0 saturated carbocycles. The summed E-state index contributed by atoms with van der Waals surface area (Å²) in [5, 5.41) is 13.6. The molecule has 0 bridgehead atoms. The van der Waals surface area contributed by atoms with Crippen LogP contribution in [0.15, 0.2) is 0 Å². The summed E-state index contributed by atoms with van der Waals surface area (Å²) in [5.74, 6) is 1.06. The summed E-state index contributed by atoms with van der Waals surface area (Å²) in [7, 11) is 1.55. The van der Waals surface area contributed by atoms with E-state index in [9.17, 15) is 9.90 Å². The van der Waals surface area contributed by atoms with Gasteiger partial charge in [0.25, 0.3) is 5.91 Å². The molecule has 2 N–H and O–H groups in total. The summed E-state index contributed by atoms with van der Waals surface area (Å²) in [4.78, 5) is 12.6. The Morgan fingerprint density at radius 2 is 1.56 bits per heavy atom. The topological polar surface area (TPSA) is 86.3 Å². The van der Waals surface area contributed by atoms with Gasteiger partial charge in [-0.25, -0.2) is 0 Å². The van der Waals surface area contributed by atoms with Gasteiger partial charge in [0.05, 0.1) is 13.2 Å². The third-order valence-corrected chi connectivity index (χ3v) is 6.20. The lowest BCUT2D eigenvalue weighted by Gasteiger charge is -2.42. The molecule has 2 saturated heterocycles. The SMILES string of the molecule is CNC(=O)c1c(O)c2c(c3c1OC1OCCCC1C3)OC1OCCCC1C2. The maximum absolute atomic E-state index is 12.6. The summed E-state index contributed by atoms with van der Waals surface area (Å²) in [6.07, 6.45) is 4.67. The van der Waals surface area contributed by atoms with Crippen molar-refractivity contribution in [2.45, 2.75) is 51.1 Å². The first kappa shape index (κ1) is 17.1. The molecule has 7 nitrogen and oxygen atoms in total. The van der Waals surface area contributed by atoms with E-state index in [1.807, 2.05) is 0 Å². The van der Waals surface area contributed by atoms with Gasteiger partial charge in [0, 0.05) is 30.0 Å². The van der Waals surface area contributed by atoms with Crippen molar-refractivity contribution in [1.82, 2.24) is 5.32 Å². The molecule has 4 heterocycles. The molecule has 0 radical (unpaired) electrons. The van der Waals surface area contributed by atoms with Crippen LogP contribution in [0.4, 0.5) is 0 Å². The monoisotopic (exact) mass is 375 g/mol. The molecule has 4 unspecified atom stereocenters. The fourth-order valence-electron chi connectivity index (χ4n) is 4.83. The highest BCUT2D eigenvalue weighted by Gasteiger charge is 2.43. The Hall–Kier alpha value is -1.99. The molecule has 1 aromatic carbocycles. The molecule has 2 fully saturated rings. The van der Waals surface area contributed by atoms with E-state index in [2.05, 4.69) is 5.32 Å². The molecule has 4 aliphatic heterocycles. The van der Waals surface area contributed by atoms with Crippen molar-refractivity contribution in [2.24, 2.45) is 11.8 Å². The van der Waals surface area contributed by atoms with Crippen LogP contribution in [0.5, 0.6) is 17.2 Å². The van der Waals surface area contributed by atoms with E-state index in [0.717, 1.165) is 31.2 Å². The third-order valence-electron chi connectivity index (χ3n) is 6.20. The maximum Gasteiger partial charge on any atom is 0.258 e. The van der Waals surface area contributed by atoms with Crippen molar-refractivity contribution in [2.75, 3.05) is 20.3 Å². The van der Waals surface area contributed by atoms with Crippen LogP contribution < -0.4 is 14.8 Å². The number of phenolic OH excluding ortho intramolecular Hbond substituents is 1. The van der Waals surface area contributed by atoms with Crippen LogP contribution in [-0.4, -0.2) is 43.9 Å². The number of aromatic hydroxyl groups is 1. The first-order valence-corrected chi connectivity index (χ1v) is 9.86. The van der Waals surface area contributed by atoms with Gasteiger partial charge < -0.3 is 29.4 Å². The molecule has 0 spiro atoms. The second kappa shape index (κ2) is 6.56. The first-order chi connectivity index (χ1) is 13.2. The van der Waals surface area contributed by atoms with Crippen molar-refractivity contribution >= 4 is 5.91 Å². The van der Waals surface area contributed by atoms with Gasteiger partial charge in [-0.3, -0.25) is 4.79 Å². The number of hydrogen-bond acceptors (Lipinski definition) is 6. The molecule has 27 heavy (non-hydrogen) atoms. The Morgan fingerprint density at radius 1 is 0.963 bits per heavy atom. The van der Waals surface area contributed by atoms with Crippen LogP contribution in [0.2, 0.25) is 0 Å². The number of carbonyl (C=O) groups is 1. The summed E-state index contributed by atoms with van der Waals surface area (Å²) in [5.41, 5.74) is 1.76. The zero-order valence-electron chi connectivity index (χ0n) is 15.5. The molecule has 1 aromatic rings. The number of phenols is 1. The number of rotatable bonds is 1. The van der Waals surface area contributed by atoms with E-state index in [4.69, 9.17) is 18.9 Å². The Labute approximate surface area is 157 Å². The lowest BCUT2D eigenvalue weighted by Crippen LogP contribution is -2.42. The summed E-state index contributed by atoms with van der Waals surface area (Å²) in [6.45, 7) is 1.34. The van der Waals surface area contributed by atoms with Gasteiger partial charge in [0.1, 0.15) is 22.8 Å². The average Bonchev–Trinajstić information content (AvgIpc) is 2.71. The van der Waals surface area contributed by atoms with E-state index in [-0.39, 0.29) is 41.6 Å². The van der Waals surface area contributed by atoms with E-state index < -0.39 is 0 Å². The van der Waals surface area contributed by atoms with Gasteiger partial charge in [-0.05, 0) is 38.5 Å². The van der Waals surface area contributed by atoms with Crippen LogP contribution in [0, 0.1) is 11.8 Å². The smallest absolute Gasteiger partial charge is 0.258 e.